The van der Waals surface area contributed by atoms with Gasteiger partial charge in [0.25, 0.3) is 0 Å². The molecule has 2 rings (SSSR count). The maximum absolute atomic E-state index is 12.4. The van der Waals surface area contributed by atoms with Crippen molar-refractivity contribution in [1.29, 1.82) is 0 Å². The van der Waals surface area contributed by atoms with Crippen LogP contribution in [0.25, 0.3) is 0 Å². The van der Waals surface area contributed by atoms with Crippen LogP contribution in [0.2, 0.25) is 10.0 Å². The van der Waals surface area contributed by atoms with Gasteiger partial charge in [-0.3, -0.25) is 19.4 Å². The summed E-state index contributed by atoms with van der Waals surface area (Å²) in [6.07, 6.45) is -0.144. The van der Waals surface area contributed by atoms with Gasteiger partial charge < -0.3 is 0 Å². The Morgan fingerprint density at radius 1 is 1.05 bits per heavy atom. The standard InChI is InChI=1S/C13H12Cl2N2O3/c1-16-10(18)6-7(12(19)17(2)13(16)20)11-8(14)4-3-5-9(11)15/h3-5,7H,6H2,1-2H3. The van der Waals surface area contributed by atoms with E-state index in [-0.39, 0.29) is 6.42 Å². The topological polar surface area (TPSA) is 57.7 Å². The molecule has 0 bridgehead atoms. The van der Waals surface area contributed by atoms with Crippen LogP contribution in [0.1, 0.15) is 17.9 Å². The van der Waals surface area contributed by atoms with Crippen LogP contribution >= 0.6 is 23.2 Å². The van der Waals surface area contributed by atoms with Crippen molar-refractivity contribution in [1.82, 2.24) is 9.80 Å². The van der Waals surface area contributed by atoms with Crippen molar-refractivity contribution in [2.45, 2.75) is 12.3 Å². The Morgan fingerprint density at radius 3 is 2.15 bits per heavy atom. The van der Waals surface area contributed by atoms with Gasteiger partial charge in [-0.2, -0.15) is 0 Å². The van der Waals surface area contributed by atoms with Gasteiger partial charge in [0.2, 0.25) is 11.8 Å². The summed E-state index contributed by atoms with van der Waals surface area (Å²) in [5, 5.41) is 0.600. The number of hydrogen-bond acceptors (Lipinski definition) is 3. The van der Waals surface area contributed by atoms with Gasteiger partial charge in [-0.15, -0.1) is 0 Å². The third kappa shape index (κ3) is 2.39. The molecule has 0 aliphatic carbocycles. The molecule has 1 aliphatic rings. The zero-order valence-electron chi connectivity index (χ0n) is 10.9. The Hall–Kier alpha value is -1.59. The second kappa shape index (κ2) is 5.42. The lowest BCUT2D eigenvalue weighted by Crippen LogP contribution is -2.41. The van der Waals surface area contributed by atoms with E-state index >= 15 is 0 Å². The lowest BCUT2D eigenvalue weighted by molar-refractivity contribution is -0.130. The summed E-state index contributed by atoms with van der Waals surface area (Å²) < 4.78 is 0. The molecule has 5 nitrogen and oxygen atoms in total. The fraction of sp³-hybridized carbons (Fsp3) is 0.308. The van der Waals surface area contributed by atoms with Gasteiger partial charge in [0.1, 0.15) is 0 Å². The first kappa shape index (κ1) is 14.8. The van der Waals surface area contributed by atoms with Gasteiger partial charge in [-0.05, 0) is 12.1 Å². The third-order valence-electron chi connectivity index (χ3n) is 3.30. The lowest BCUT2D eigenvalue weighted by Gasteiger charge is -2.20. The molecule has 0 saturated carbocycles. The average molecular weight is 315 g/mol. The first-order chi connectivity index (χ1) is 9.34. The summed E-state index contributed by atoms with van der Waals surface area (Å²) in [6, 6.07) is 4.18. The maximum Gasteiger partial charge on any atom is 0.332 e. The van der Waals surface area contributed by atoms with Gasteiger partial charge in [-0.25, -0.2) is 4.79 Å². The van der Waals surface area contributed by atoms with Crippen molar-refractivity contribution in [3.8, 4) is 0 Å². The highest BCUT2D eigenvalue weighted by molar-refractivity contribution is 6.36. The fourth-order valence-electron chi connectivity index (χ4n) is 2.13. The molecular formula is C13H12Cl2N2O3. The van der Waals surface area contributed by atoms with Gasteiger partial charge in [0.15, 0.2) is 0 Å². The number of likely N-dealkylation sites (N-methyl/N-ethyl adjacent to an activating group) is 1. The van der Waals surface area contributed by atoms with Crippen molar-refractivity contribution >= 4 is 41.0 Å². The van der Waals surface area contributed by atoms with E-state index in [1.54, 1.807) is 18.2 Å². The second-order valence-corrected chi connectivity index (χ2v) is 5.34. The third-order valence-corrected chi connectivity index (χ3v) is 3.96. The van der Waals surface area contributed by atoms with Crippen molar-refractivity contribution in [3.05, 3.63) is 33.8 Å². The van der Waals surface area contributed by atoms with E-state index in [4.69, 9.17) is 23.2 Å². The Morgan fingerprint density at radius 2 is 1.60 bits per heavy atom. The maximum atomic E-state index is 12.4. The number of hydrogen-bond donors (Lipinski definition) is 0. The first-order valence-corrected chi connectivity index (χ1v) is 6.62. The van der Waals surface area contributed by atoms with Crippen LogP contribution in [-0.4, -0.2) is 41.7 Å². The minimum atomic E-state index is -0.859. The molecule has 0 spiro atoms. The van der Waals surface area contributed by atoms with E-state index in [1.807, 2.05) is 0 Å². The SMILES string of the molecule is CN1C(=O)CC(c2c(Cl)cccc2Cl)C(=O)N(C)C1=O. The molecule has 1 saturated heterocycles. The number of urea groups is 1. The number of rotatable bonds is 1. The molecule has 1 aliphatic heterocycles. The molecule has 0 N–H and O–H groups in total. The number of amides is 4. The van der Waals surface area contributed by atoms with E-state index in [1.165, 1.54) is 14.1 Å². The first-order valence-electron chi connectivity index (χ1n) is 5.86. The fourth-order valence-corrected chi connectivity index (χ4v) is 2.79. The van der Waals surface area contributed by atoms with Gasteiger partial charge >= 0.3 is 6.03 Å². The molecule has 0 radical (unpaired) electrons. The number of halogens is 2. The highest BCUT2D eigenvalue weighted by atomic mass is 35.5. The van der Waals surface area contributed by atoms with E-state index in [0.717, 1.165) is 9.80 Å². The molecule has 0 aromatic heterocycles. The number of carbonyl (C=O) groups excluding carboxylic acids is 3. The number of carbonyl (C=O) groups is 3. The minimum Gasteiger partial charge on any atom is -0.274 e. The Labute approximate surface area is 126 Å². The van der Waals surface area contributed by atoms with Crippen molar-refractivity contribution in [2.24, 2.45) is 0 Å². The monoisotopic (exact) mass is 314 g/mol. The molecule has 106 valence electrons. The summed E-state index contributed by atoms with van der Waals surface area (Å²) in [6.45, 7) is 0. The summed E-state index contributed by atoms with van der Waals surface area (Å²) in [5.74, 6) is -1.81. The predicted molar refractivity (Wildman–Crippen MR) is 74.8 cm³/mol. The van der Waals surface area contributed by atoms with Crippen LogP contribution in [-0.2, 0) is 9.59 Å². The number of nitrogens with zero attached hydrogens (tertiary/aromatic N) is 2. The lowest BCUT2D eigenvalue weighted by atomic mass is 9.94. The van der Waals surface area contributed by atoms with Crippen molar-refractivity contribution < 1.29 is 14.4 Å². The Bertz CT molecular complexity index is 583. The summed E-state index contributed by atoms with van der Waals surface area (Å²) >= 11 is 12.2. The molecule has 4 amide bonds. The predicted octanol–water partition coefficient (Wildman–Crippen LogP) is 2.52. The van der Waals surface area contributed by atoms with Crippen molar-refractivity contribution in [3.63, 3.8) is 0 Å². The molecule has 1 unspecified atom stereocenters. The van der Waals surface area contributed by atoms with Crippen LogP contribution in [0.4, 0.5) is 4.79 Å². The molecule has 1 atom stereocenters. The van der Waals surface area contributed by atoms with Gasteiger partial charge in [0.05, 0.1) is 5.92 Å². The summed E-state index contributed by atoms with van der Waals surface area (Å²) in [4.78, 5) is 38.0. The number of imide groups is 2. The Kier molecular flexibility index (Phi) is 4.01. The second-order valence-electron chi connectivity index (χ2n) is 4.52. The number of benzene rings is 1. The quantitative estimate of drug-likeness (QED) is 0.800. The van der Waals surface area contributed by atoms with Crippen LogP contribution in [0.3, 0.4) is 0 Å². The smallest absolute Gasteiger partial charge is 0.274 e. The Balaban J connectivity index is 2.53. The summed E-state index contributed by atoms with van der Waals surface area (Å²) in [5.41, 5.74) is 0.379. The van der Waals surface area contributed by atoms with Crippen LogP contribution < -0.4 is 0 Å². The average Bonchev–Trinajstić information content (AvgIpc) is 2.47. The highest BCUT2D eigenvalue weighted by Gasteiger charge is 2.38. The zero-order valence-corrected chi connectivity index (χ0v) is 12.4. The summed E-state index contributed by atoms with van der Waals surface area (Å²) in [7, 11) is 2.67. The van der Waals surface area contributed by atoms with Crippen LogP contribution in [0, 0.1) is 0 Å². The molecule has 20 heavy (non-hydrogen) atoms. The minimum absolute atomic E-state index is 0.144. The van der Waals surface area contributed by atoms with Crippen molar-refractivity contribution in [2.75, 3.05) is 14.1 Å². The van der Waals surface area contributed by atoms with Crippen LogP contribution in [0.5, 0.6) is 0 Å². The largest absolute Gasteiger partial charge is 0.332 e. The normalized spacial score (nSPS) is 20.4. The van der Waals surface area contributed by atoms with E-state index in [0.29, 0.717) is 15.6 Å². The van der Waals surface area contributed by atoms with Gasteiger partial charge in [0, 0.05) is 36.1 Å². The van der Waals surface area contributed by atoms with Crippen LogP contribution in [0.15, 0.2) is 18.2 Å². The molecule has 1 aromatic rings. The van der Waals surface area contributed by atoms with E-state index < -0.39 is 23.8 Å². The molecular weight excluding hydrogens is 303 g/mol. The van der Waals surface area contributed by atoms with E-state index in [2.05, 4.69) is 0 Å². The molecule has 1 fully saturated rings. The molecule has 1 aromatic carbocycles. The highest BCUT2D eigenvalue weighted by Crippen LogP contribution is 2.36. The van der Waals surface area contributed by atoms with Gasteiger partial charge in [-0.1, -0.05) is 29.3 Å². The van der Waals surface area contributed by atoms with E-state index in [9.17, 15) is 14.4 Å². The zero-order chi connectivity index (χ0) is 15.0. The molecule has 1 heterocycles. The molecule has 7 heteroatoms.